The summed E-state index contributed by atoms with van der Waals surface area (Å²) in [5, 5.41) is 20.5. The summed E-state index contributed by atoms with van der Waals surface area (Å²) in [4.78, 5) is 17.6. The van der Waals surface area contributed by atoms with Crippen molar-refractivity contribution >= 4 is 33.0 Å². The van der Waals surface area contributed by atoms with Gasteiger partial charge >= 0.3 is 6.03 Å². The average Bonchev–Trinajstić information content (AvgIpc) is 3.24. The zero-order valence-electron chi connectivity index (χ0n) is 18.3. The van der Waals surface area contributed by atoms with E-state index < -0.39 is 21.5 Å². The number of urea groups is 1. The summed E-state index contributed by atoms with van der Waals surface area (Å²) >= 11 is 1.12. The van der Waals surface area contributed by atoms with E-state index in [1.54, 1.807) is 19.2 Å². The van der Waals surface area contributed by atoms with Gasteiger partial charge in [0.05, 0.1) is 17.0 Å². The van der Waals surface area contributed by atoms with Crippen LogP contribution in [0.1, 0.15) is 69.1 Å². The van der Waals surface area contributed by atoms with E-state index in [0.29, 0.717) is 11.3 Å². The summed E-state index contributed by atoms with van der Waals surface area (Å²) in [7, 11) is -3.43. The van der Waals surface area contributed by atoms with Gasteiger partial charge in [-0.25, -0.2) is 14.1 Å². The minimum absolute atomic E-state index is 0.176. The first-order valence-corrected chi connectivity index (χ1v) is 12.4. The van der Waals surface area contributed by atoms with E-state index >= 15 is 0 Å². The zero-order valence-corrected chi connectivity index (χ0v) is 20.0. The largest absolute Gasteiger partial charge is 0.386 e. The van der Waals surface area contributed by atoms with Crippen molar-refractivity contribution in [1.29, 1.82) is 0 Å². The van der Waals surface area contributed by atoms with Crippen molar-refractivity contribution in [3.63, 3.8) is 0 Å². The Morgan fingerprint density at radius 3 is 2.53 bits per heavy atom. The molecule has 2 amide bonds. The molecule has 0 spiro atoms. The Morgan fingerprint density at radius 1 is 1.30 bits per heavy atom. The summed E-state index contributed by atoms with van der Waals surface area (Å²) in [6.45, 7) is 11.5. The highest BCUT2D eigenvalue weighted by molar-refractivity contribution is 7.93. The van der Waals surface area contributed by atoms with Gasteiger partial charge in [0.15, 0.2) is 9.92 Å². The zero-order chi connectivity index (χ0) is 22.5. The van der Waals surface area contributed by atoms with Crippen molar-refractivity contribution in [2.45, 2.75) is 76.0 Å². The number of fused-ring (bicyclic) bond motifs is 1. The molecule has 0 saturated heterocycles. The van der Waals surface area contributed by atoms with Crippen LogP contribution in [0.4, 0.5) is 10.5 Å². The van der Waals surface area contributed by atoms with Crippen molar-refractivity contribution in [3.8, 4) is 0 Å². The number of rotatable bonds is 3. The molecule has 1 aliphatic carbocycles. The van der Waals surface area contributed by atoms with Crippen LogP contribution in [0.5, 0.6) is 0 Å². The van der Waals surface area contributed by atoms with Gasteiger partial charge in [-0.15, -0.1) is 15.7 Å². The Kier molecular flexibility index (Phi) is 5.87. The second-order valence-corrected chi connectivity index (χ2v) is 12.2. The van der Waals surface area contributed by atoms with Crippen LogP contribution in [-0.2, 0) is 33.8 Å². The standard InChI is InChI=1S/C21H30N4O3S2/c1-12-17(14-8-7-9-15(14)23-18(12)20(2,3)4)24-19(26)25-30(22,28)16-10-13(11-29-16)21(5,6)27/h10-11,27H,7-9H2,1-6H3,(H3,22,23,24,25,26,28). The molecule has 0 fully saturated rings. The van der Waals surface area contributed by atoms with E-state index in [1.165, 1.54) is 6.07 Å². The third-order valence-corrected chi connectivity index (χ3v) is 8.06. The molecule has 1 unspecified atom stereocenters. The summed E-state index contributed by atoms with van der Waals surface area (Å²) in [6.07, 6.45) is 2.69. The van der Waals surface area contributed by atoms with Crippen LogP contribution in [0.3, 0.4) is 0 Å². The lowest BCUT2D eigenvalue weighted by Gasteiger charge is -2.24. The lowest BCUT2D eigenvalue weighted by molar-refractivity contribution is 0.0789. The van der Waals surface area contributed by atoms with Crippen molar-refractivity contribution < 1.29 is 14.1 Å². The van der Waals surface area contributed by atoms with Gasteiger partial charge in [0.1, 0.15) is 4.21 Å². The van der Waals surface area contributed by atoms with Crippen LogP contribution in [0.2, 0.25) is 0 Å². The number of thiophene rings is 1. The monoisotopic (exact) mass is 450 g/mol. The number of aryl methyl sites for hydroxylation is 1. The number of nitrogens with two attached hydrogens (primary N) is 1. The Bertz CT molecular complexity index is 1110. The molecular weight excluding hydrogens is 420 g/mol. The summed E-state index contributed by atoms with van der Waals surface area (Å²) in [5.41, 5.74) is 3.86. The normalized spacial score (nSPS) is 16.1. The highest BCUT2D eigenvalue weighted by atomic mass is 32.2. The molecule has 30 heavy (non-hydrogen) atoms. The average molecular weight is 451 g/mol. The maximum atomic E-state index is 12.9. The molecule has 0 aliphatic heterocycles. The van der Waals surface area contributed by atoms with Crippen LogP contribution >= 0.6 is 11.3 Å². The molecule has 2 aromatic heterocycles. The molecule has 2 heterocycles. The van der Waals surface area contributed by atoms with Gasteiger partial charge in [0.2, 0.25) is 0 Å². The van der Waals surface area contributed by atoms with E-state index in [4.69, 9.17) is 10.1 Å². The van der Waals surface area contributed by atoms with E-state index in [0.717, 1.165) is 53.1 Å². The van der Waals surface area contributed by atoms with Gasteiger partial charge in [-0.05, 0) is 68.2 Å². The van der Waals surface area contributed by atoms with Crippen LogP contribution < -0.4 is 10.5 Å². The maximum Gasteiger partial charge on any atom is 0.354 e. The van der Waals surface area contributed by atoms with Crippen LogP contribution in [0, 0.1) is 6.92 Å². The highest BCUT2D eigenvalue weighted by Gasteiger charge is 2.28. The molecule has 0 bridgehead atoms. The predicted molar refractivity (Wildman–Crippen MR) is 121 cm³/mol. The molecule has 1 aliphatic rings. The Morgan fingerprint density at radius 2 is 1.97 bits per heavy atom. The van der Waals surface area contributed by atoms with Gasteiger partial charge in [0.25, 0.3) is 0 Å². The van der Waals surface area contributed by atoms with Crippen molar-refractivity contribution in [2.75, 3.05) is 5.32 Å². The number of anilines is 1. The van der Waals surface area contributed by atoms with E-state index in [9.17, 15) is 14.1 Å². The Labute approximate surface area is 182 Å². The van der Waals surface area contributed by atoms with Crippen LogP contribution in [0.15, 0.2) is 20.0 Å². The minimum atomic E-state index is -3.43. The van der Waals surface area contributed by atoms with Gasteiger partial charge in [0, 0.05) is 11.1 Å². The van der Waals surface area contributed by atoms with Crippen LogP contribution in [-0.4, -0.2) is 20.3 Å². The summed E-state index contributed by atoms with van der Waals surface area (Å²) < 4.78 is 17.0. The van der Waals surface area contributed by atoms with Gasteiger partial charge in [-0.1, -0.05) is 20.8 Å². The number of carbonyl (C=O) groups excluding carboxylic acids is 1. The maximum absolute atomic E-state index is 12.9. The number of amides is 2. The smallest absolute Gasteiger partial charge is 0.354 e. The fraction of sp³-hybridized carbons (Fsp3) is 0.524. The number of hydrogen-bond acceptors (Lipinski definition) is 5. The number of carbonyl (C=O) groups is 1. The predicted octanol–water partition coefficient (Wildman–Crippen LogP) is 4.40. The fourth-order valence-electron chi connectivity index (χ4n) is 3.67. The number of nitrogens with zero attached hydrogens (tertiary/aromatic N) is 2. The second-order valence-electron chi connectivity index (χ2n) is 9.29. The third-order valence-electron chi connectivity index (χ3n) is 5.20. The second kappa shape index (κ2) is 7.71. The molecule has 9 heteroatoms. The first-order valence-electron chi connectivity index (χ1n) is 9.90. The van der Waals surface area contributed by atoms with E-state index in [-0.39, 0.29) is 9.62 Å². The quantitative estimate of drug-likeness (QED) is 0.642. The number of aliphatic hydroxyl groups is 1. The molecule has 0 aromatic carbocycles. The minimum Gasteiger partial charge on any atom is -0.386 e. The molecule has 3 rings (SSSR count). The van der Waals surface area contributed by atoms with Gasteiger partial charge < -0.3 is 10.4 Å². The Hall–Kier alpha value is -1.81. The molecule has 0 radical (unpaired) electrons. The summed E-state index contributed by atoms with van der Waals surface area (Å²) in [5.74, 6) is 0. The van der Waals surface area contributed by atoms with Gasteiger partial charge in [-0.2, -0.15) is 0 Å². The first kappa shape index (κ1) is 22.9. The first-order chi connectivity index (χ1) is 13.7. The van der Waals surface area contributed by atoms with E-state index in [2.05, 4.69) is 30.5 Å². The lowest BCUT2D eigenvalue weighted by Crippen LogP contribution is -2.21. The fourth-order valence-corrected chi connectivity index (χ4v) is 5.95. The topological polar surface area (TPSA) is 118 Å². The third kappa shape index (κ3) is 4.59. The number of pyridine rings is 1. The van der Waals surface area contributed by atoms with Gasteiger partial charge in [-0.3, -0.25) is 4.98 Å². The van der Waals surface area contributed by atoms with Crippen LogP contribution in [0.25, 0.3) is 0 Å². The summed E-state index contributed by atoms with van der Waals surface area (Å²) in [6, 6.07) is 0.792. The molecule has 164 valence electrons. The van der Waals surface area contributed by atoms with E-state index in [1.807, 2.05) is 6.92 Å². The number of nitrogens with one attached hydrogen (secondary N) is 1. The molecule has 1 atom stereocenters. The molecule has 2 aromatic rings. The molecule has 0 saturated carbocycles. The Balaban J connectivity index is 1.97. The van der Waals surface area contributed by atoms with Crippen molar-refractivity contribution in [3.05, 3.63) is 39.5 Å². The molecular formula is C21H30N4O3S2. The molecule has 4 N–H and O–H groups in total. The SMILES string of the molecule is Cc1c(C(C)(C)C)nc2c(c1NC(=O)N=S(N)(=O)c1cc(C(C)(C)O)cs1)CCC2. The lowest BCUT2D eigenvalue weighted by atomic mass is 9.87. The number of aromatic nitrogens is 1. The highest BCUT2D eigenvalue weighted by Crippen LogP contribution is 2.36. The molecule has 7 nitrogen and oxygen atoms in total. The van der Waals surface area contributed by atoms with Crippen molar-refractivity contribution in [1.82, 2.24) is 4.98 Å². The van der Waals surface area contributed by atoms with Crippen molar-refractivity contribution in [2.24, 2.45) is 9.50 Å². The number of hydrogen-bond donors (Lipinski definition) is 3.